The lowest BCUT2D eigenvalue weighted by Gasteiger charge is -2.45. The van der Waals surface area contributed by atoms with E-state index in [1.54, 1.807) is 0 Å². The average Bonchev–Trinajstić information content (AvgIpc) is 3.57. The zero-order valence-electron chi connectivity index (χ0n) is 34.4. The topological polar surface area (TPSA) is 82.4 Å². The Morgan fingerprint density at radius 3 is 1.58 bits per heavy atom. The van der Waals surface area contributed by atoms with E-state index in [0.717, 1.165) is 27.9 Å². The molecule has 0 bridgehead atoms. The van der Waals surface area contributed by atoms with Crippen LogP contribution in [0.25, 0.3) is 0 Å². The zero-order valence-corrected chi connectivity index (χ0v) is 34.4. The first-order chi connectivity index (χ1) is 29.3. The second-order valence-electron chi connectivity index (χ2n) is 15.1. The summed E-state index contributed by atoms with van der Waals surface area (Å²) >= 11 is 0. The van der Waals surface area contributed by atoms with E-state index in [-0.39, 0.29) is 44.8 Å². The molecule has 6 aromatic rings. The summed E-state index contributed by atoms with van der Waals surface area (Å²) < 4.78 is 77.5. The standard InChI is InChI=1S/C49H52F2N2O7/c1-33(2)53-34(3)40(25-39-26-41(50)44(54-4)42(51)27-39)48(52-53)60-49-47(58-31-38-23-15-8-16-24-38)46(57-30-37-21-13-7-14-22-37)45(56-29-36-19-11-6-12-20-36)43(59-49)32-55-28-35-17-9-5-10-18-35/h5-24,26-27,33,43,45-47,49H,25,28-32H2,1-4H3/t43-,45-,46+,47-,49?/m1/s1. The van der Waals surface area contributed by atoms with Crippen molar-refractivity contribution < 1.29 is 41.9 Å². The third kappa shape index (κ3) is 10.8. The van der Waals surface area contributed by atoms with Gasteiger partial charge < -0.3 is 33.2 Å². The van der Waals surface area contributed by atoms with Crippen LogP contribution in [0.3, 0.4) is 0 Å². The summed E-state index contributed by atoms with van der Waals surface area (Å²) in [4.78, 5) is 0. The molecule has 1 saturated heterocycles. The first-order valence-corrected chi connectivity index (χ1v) is 20.3. The molecule has 0 radical (unpaired) electrons. The second kappa shape index (κ2) is 20.7. The molecule has 0 amide bonds. The van der Waals surface area contributed by atoms with Crippen molar-refractivity contribution in [2.24, 2.45) is 0 Å². The Bertz CT molecular complexity index is 2200. The van der Waals surface area contributed by atoms with Gasteiger partial charge in [-0.3, -0.25) is 4.68 Å². The molecule has 0 aliphatic carbocycles. The fraction of sp³-hybridized carbons (Fsp3) is 0.327. The minimum atomic E-state index is -1.09. The largest absolute Gasteiger partial charge is 0.491 e. The predicted octanol–water partition coefficient (Wildman–Crippen LogP) is 9.73. The summed E-state index contributed by atoms with van der Waals surface area (Å²) in [7, 11) is 1.23. The first-order valence-electron chi connectivity index (χ1n) is 20.3. The van der Waals surface area contributed by atoms with Gasteiger partial charge in [0.25, 0.3) is 0 Å². The van der Waals surface area contributed by atoms with Gasteiger partial charge in [-0.2, -0.15) is 0 Å². The molecule has 1 aromatic heterocycles. The molecular weight excluding hydrogens is 767 g/mol. The molecular formula is C49H52F2N2O7. The maximum atomic E-state index is 15.0. The zero-order chi connectivity index (χ0) is 41.8. The summed E-state index contributed by atoms with van der Waals surface area (Å²) in [6.45, 7) is 7.17. The quantitative estimate of drug-likeness (QED) is 0.0800. The van der Waals surface area contributed by atoms with Gasteiger partial charge in [0.15, 0.2) is 17.4 Å². The number of rotatable bonds is 19. The lowest BCUT2D eigenvalue weighted by Crippen LogP contribution is -2.62. The Hall–Kier alpha value is -5.43. The lowest BCUT2D eigenvalue weighted by molar-refractivity contribution is -0.310. The summed E-state index contributed by atoms with van der Waals surface area (Å²) in [6, 6.07) is 42.1. The number of ether oxygens (including phenoxy) is 7. The highest BCUT2D eigenvalue weighted by atomic mass is 19.1. The van der Waals surface area contributed by atoms with Gasteiger partial charge in [-0.25, -0.2) is 8.78 Å². The van der Waals surface area contributed by atoms with Gasteiger partial charge in [-0.1, -0.05) is 121 Å². The van der Waals surface area contributed by atoms with Crippen molar-refractivity contribution in [3.8, 4) is 11.6 Å². The van der Waals surface area contributed by atoms with Gasteiger partial charge in [-0.05, 0) is 60.7 Å². The molecule has 2 heterocycles. The van der Waals surface area contributed by atoms with E-state index in [4.69, 9.17) is 38.3 Å². The van der Waals surface area contributed by atoms with Crippen molar-refractivity contribution in [1.82, 2.24) is 9.78 Å². The molecule has 9 nitrogen and oxygen atoms in total. The van der Waals surface area contributed by atoms with Crippen LogP contribution in [0.1, 0.15) is 59.0 Å². The summed E-state index contributed by atoms with van der Waals surface area (Å²) in [5.74, 6) is -1.80. The minimum absolute atomic E-state index is 0.0558. The third-order valence-electron chi connectivity index (χ3n) is 10.4. The molecule has 11 heteroatoms. The number of methoxy groups -OCH3 is 1. The lowest BCUT2D eigenvalue weighted by atomic mass is 9.97. The summed E-state index contributed by atoms with van der Waals surface area (Å²) in [5.41, 5.74) is 5.70. The molecule has 0 N–H and O–H groups in total. The van der Waals surface area contributed by atoms with Gasteiger partial charge in [0.2, 0.25) is 12.2 Å². The van der Waals surface area contributed by atoms with E-state index in [0.29, 0.717) is 17.7 Å². The molecule has 60 heavy (non-hydrogen) atoms. The molecule has 5 atom stereocenters. The average molecular weight is 819 g/mol. The van der Waals surface area contributed by atoms with E-state index in [1.165, 1.54) is 19.2 Å². The molecule has 0 saturated carbocycles. The normalized spacial score (nSPS) is 19.1. The van der Waals surface area contributed by atoms with E-state index in [9.17, 15) is 0 Å². The fourth-order valence-electron chi connectivity index (χ4n) is 7.39. The van der Waals surface area contributed by atoms with Crippen molar-refractivity contribution in [2.45, 2.75) is 90.4 Å². The van der Waals surface area contributed by atoms with E-state index in [1.807, 2.05) is 147 Å². The van der Waals surface area contributed by atoms with Gasteiger partial charge in [0, 0.05) is 23.7 Å². The maximum Gasteiger partial charge on any atom is 0.239 e. The van der Waals surface area contributed by atoms with Crippen LogP contribution in [-0.2, 0) is 56.5 Å². The molecule has 0 spiro atoms. The molecule has 1 unspecified atom stereocenters. The monoisotopic (exact) mass is 818 g/mol. The second-order valence-corrected chi connectivity index (χ2v) is 15.1. The smallest absolute Gasteiger partial charge is 0.239 e. The molecule has 1 fully saturated rings. The third-order valence-corrected chi connectivity index (χ3v) is 10.4. The van der Waals surface area contributed by atoms with Gasteiger partial charge in [0.05, 0.1) is 40.1 Å². The molecule has 5 aromatic carbocycles. The number of benzene rings is 5. The number of nitrogens with zero attached hydrogens (tertiary/aromatic N) is 2. The first kappa shape index (κ1) is 42.7. The Kier molecular flexibility index (Phi) is 14.7. The van der Waals surface area contributed by atoms with Crippen molar-refractivity contribution in [3.05, 3.63) is 184 Å². The van der Waals surface area contributed by atoms with Crippen molar-refractivity contribution in [2.75, 3.05) is 13.7 Å². The van der Waals surface area contributed by atoms with Crippen LogP contribution in [0.15, 0.2) is 133 Å². The molecule has 7 rings (SSSR count). The van der Waals surface area contributed by atoms with Crippen LogP contribution < -0.4 is 9.47 Å². The Morgan fingerprint density at radius 1 is 0.633 bits per heavy atom. The Morgan fingerprint density at radius 2 is 1.10 bits per heavy atom. The number of hydrogen-bond donors (Lipinski definition) is 0. The van der Waals surface area contributed by atoms with Crippen LogP contribution in [-0.4, -0.2) is 54.2 Å². The van der Waals surface area contributed by atoms with Crippen molar-refractivity contribution in [1.29, 1.82) is 0 Å². The molecule has 1 aliphatic heterocycles. The van der Waals surface area contributed by atoms with Crippen LogP contribution in [0.5, 0.6) is 11.6 Å². The highest BCUT2D eigenvalue weighted by molar-refractivity contribution is 5.39. The van der Waals surface area contributed by atoms with Crippen LogP contribution >= 0.6 is 0 Å². The van der Waals surface area contributed by atoms with Crippen LogP contribution in [0, 0.1) is 18.6 Å². The van der Waals surface area contributed by atoms with Crippen molar-refractivity contribution in [3.63, 3.8) is 0 Å². The fourth-order valence-corrected chi connectivity index (χ4v) is 7.39. The number of hydrogen-bond acceptors (Lipinski definition) is 8. The van der Waals surface area contributed by atoms with Crippen LogP contribution in [0.2, 0.25) is 0 Å². The van der Waals surface area contributed by atoms with Crippen molar-refractivity contribution >= 4 is 0 Å². The maximum absolute atomic E-state index is 15.0. The van der Waals surface area contributed by atoms with Gasteiger partial charge >= 0.3 is 0 Å². The highest BCUT2D eigenvalue weighted by Gasteiger charge is 2.50. The van der Waals surface area contributed by atoms with Gasteiger partial charge in [0.1, 0.15) is 24.4 Å². The molecule has 1 aliphatic rings. The Labute approximate surface area is 350 Å². The number of aromatic nitrogens is 2. The van der Waals surface area contributed by atoms with E-state index in [2.05, 4.69) is 0 Å². The number of halogens is 2. The van der Waals surface area contributed by atoms with E-state index < -0.39 is 48.1 Å². The predicted molar refractivity (Wildman–Crippen MR) is 224 cm³/mol. The Balaban J connectivity index is 1.28. The van der Waals surface area contributed by atoms with Gasteiger partial charge in [-0.15, -0.1) is 5.10 Å². The SMILES string of the molecule is COc1c(F)cc(Cc2c(OC3O[C@H](COCc4ccccc4)[C@@H](OCc4ccccc4)[C@H](OCc4ccccc4)[C@H]3OCc3ccccc3)nn(C(C)C)c2C)cc1F. The van der Waals surface area contributed by atoms with Crippen LogP contribution in [0.4, 0.5) is 8.78 Å². The minimum Gasteiger partial charge on any atom is -0.491 e. The summed E-state index contributed by atoms with van der Waals surface area (Å²) in [6.07, 6.45) is -3.92. The highest BCUT2D eigenvalue weighted by Crippen LogP contribution is 2.35. The van der Waals surface area contributed by atoms with E-state index >= 15 is 8.78 Å². The molecule has 314 valence electrons. The summed E-state index contributed by atoms with van der Waals surface area (Å²) in [5, 5.41) is 4.91.